The summed E-state index contributed by atoms with van der Waals surface area (Å²) >= 11 is 0. The lowest BCUT2D eigenvalue weighted by Crippen LogP contribution is -2.26. The summed E-state index contributed by atoms with van der Waals surface area (Å²) in [5.41, 5.74) is 0.945. The first-order valence-electron chi connectivity index (χ1n) is 6.75. The zero-order valence-electron chi connectivity index (χ0n) is 12.3. The van der Waals surface area contributed by atoms with Gasteiger partial charge >= 0.3 is 5.97 Å². The van der Waals surface area contributed by atoms with Crippen LogP contribution < -0.4 is 0 Å². The molecule has 4 heteroatoms. The van der Waals surface area contributed by atoms with Gasteiger partial charge in [-0.15, -0.1) is 0 Å². The van der Waals surface area contributed by atoms with Crippen molar-refractivity contribution in [2.24, 2.45) is 5.41 Å². The van der Waals surface area contributed by atoms with Crippen molar-refractivity contribution in [3.63, 3.8) is 0 Å². The van der Waals surface area contributed by atoms with E-state index in [1.54, 1.807) is 19.9 Å². The highest BCUT2D eigenvalue weighted by atomic mass is 19.1. The Kier molecular flexibility index (Phi) is 3.59. The van der Waals surface area contributed by atoms with Gasteiger partial charge in [0.25, 0.3) is 0 Å². The third-order valence-electron chi connectivity index (χ3n) is 3.65. The van der Waals surface area contributed by atoms with Crippen LogP contribution in [-0.2, 0) is 11.2 Å². The molecule has 0 amide bonds. The molecular weight excluding hydrogens is 257 g/mol. The lowest BCUT2D eigenvalue weighted by atomic mass is 9.86. The standard InChI is InChI=1S/C16H20FNO2/c1-10(2)18-9-11(8-16(3,4)15(19)20)13-7-12(17)5-6-14(13)18/h5-7,9-10H,8H2,1-4H3,(H,19,20). The summed E-state index contributed by atoms with van der Waals surface area (Å²) in [5, 5.41) is 10.1. The van der Waals surface area contributed by atoms with Gasteiger partial charge in [-0.3, -0.25) is 4.79 Å². The average molecular weight is 277 g/mol. The predicted molar refractivity (Wildman–Crippen MR) is 77.4 cm³/mol. The Morgan fingerprint density at radius 3 is 2.60 bits per heavy atom. The van der Waals surface area contributed by atoms with Crippen LogP contribution in [0.2, 0.25) is 0 Å². The van der Waals surface area contributed by atoms with E-state index in [2.05, 4.69) is 18.4 Å². The third kappa shape index (κ3) is 2.55. The van der Waals surface area contributed by atoms with E-state index < -0.39 is 11.4 Å². The Bertz CT molecular complexity index is 656. The molecule has 108 valence electrons. The van der Waals surface area contributed by atoms with Crippen molar-refractivity contribution in [1.82, 2.24) is 4.57 Å². The van der Waals surface area contributed by atoms with Gasteiger partial charge in [0.1, 0.15) is 5.82 Å². The molecule has 1 heterocycles. The number of carboxylic acids is 1. The van der Waals surface area contributed by atoms with Crippen LogP contribution in [0.4, 0.5) is 4.39 Å². The minimum Gasteiger partial charge on any atom is -0.481 e. The molecule has 20 heavy (non-hydrogen) atoms. The first kappa shape index (κ1) is 14.6. The average Bonchev–Trinajstić information content (AvgIpc) is 2.67. The summed E-state index contributed by atoms with van der Waals surface area (Å²) in [6.07, 6.45) is 2.32. The van der Waals surface area contributed by atoms with Gasteiger partial charge in [-0.2, -0.15) is 0 Å². The predicted octanol–water partition coefficient (Wildman–Crippen LogP) is 4.01. The summed E-state index contributed by atoms with van der Waals surface area (Å²) in [5.74, 6) is -1.15. The van der Waals surface area contributed by atoms with Gasteiger partial charge in [0, 0.05) is 23.1 Å². The number of halogens is 1. The van der Waals surface area contributed by atoms with Crippen molar-refractivity contribution in [2.75, 3.05) is 0 Å². The number of benzene rings is 1. The molecular formula is C16H20FNO2. The smallest absolute Gasteiger partial charge is 0.309 e. The molecule has 3 nitrogen and oxygen atoms in total. The lowest BCUT2D eigenvalue weighted by Gasteiger charge is -2.18. The molecule has 0 unspecified atom stereocenters. The quantitative estimate of drug-likeness (QED) is 0.917. The Morgan fingerprint density at radius 2 is 2.05 bits per heavy atom. The number of nitrogens with zero attached hydrogens (tertiary/aromatic N) is 1. The van der Waals surface area contributed by atoms with Gasteiger partial charge in [-0.05, 0) is 57.9 Å². The minimum atomic E-state index is -0.873. The molecule has 0 aliphatic heterocycles. The van der Waals surface area contributed by atoms with Crippen molar-refractivity contribution in [3.8, 4) is 0 Å². The molecule has 0 saturated carbocycles. The molecule has 0 aliphatic rings. The molecule has 0 saturated heterocycles. The van der Waals surface area contributed by atoms with Crippen LogP contribution in [-0.4, -0.2) is 15.6 Å². The second-order valence-electron chi connectivity index (χ2n) is 6.18. The molecule has 2 rings (SSSR count). The van der Waals surface area contributed by atoms with E-state index in [-0.39, 0.29) is 11.9 Å². The SMILES string of the molecule is CC(C)n1cc(CC(C)(C)C(=O)O)c2cc(F)ccc21. The van der Waals surface area contributed by atoms with Gasteiger partial charge < -0.3 is 9.67 Å². The zero-order chi connectivity index (χ0) is 15.1. The highest BCUT2D eigenvalue weighted by molar-refractivity contribution is 5.85. The molecule has 1 aromatic carbocycles. The minimum absolute atomic E-state index is 0.240. The first-order chi connectivity index (χ1) is 9.22. The number of hydrogen-bond donors (Lipinski definition) is 1. The van der Waals surface area contributed by atoms with Crippen molar-refractivity contribution < 1.29 is 14.3 Å². The van der Waals surface area contributed by atoms with E-state index in [0.29, 0.717) is 6.42 Å². The fourth-order valence-electron chi connectivity index (χ4n) is 2.42. The number of carbonyl (C=O) groups is 1. The maximum absolute atomic E-state index is 13.5. The Morgan fingerprint density at radius 1 is 1.40 bits per heavy atom. The highest BCUT2D eigenvalue weighted by Gasteiger charge is 2.29. The van der Waals surface area contributed by atoms with Crippen molar-refractivity contribution in [3.05, 3.63) is 35.8 Å². The topological polar surface area (TPSA) is 42.2 Å². The molecule has 0 bridgehead atoms. The molecule has 0 spiro atoms. The Hall–Kier alpha value is -1.84. The number of aromatic nitrogens is 1. The van der Waals surface area contributed by atoms with Crippen molar-refractivity contribution in [1.29, 1.82) is 0 Å². The summed E-state index contributed by atoms with van der Waals surface area (Å²) in [6, 6.07) is 4.92. The summed E-state index contributed by atoms with van der Waals surface area (Å²) in [4.78, 5) is 11.3. The zero-order valence-corrected chi connectivity index (χ0v) is 12.3. The molecule has 0 fully saturated rings. The summed E-state index contributed by atoms with van der Waals surface area (Å²) < 4.78 is 15.6. The number of hydrogen-bond acceptors (Lipinski definition) is 1. The summed E-state index contributed by atoms with van der Waals surface area (Å²) in [7, 11) is 0. The van der Waals surface area contributed by atoms with Crippen LogP contribution in [0.15, 0.2) is 24.4 Å². The number of fused-ring (bicyclic) bond motifs is 1. The maximum Gasteiger partial charge on any atom is 0.309 e. The lowest BCUT2D eigenvalue weighted by molar-refractivity contribution is -0.146. The maximum atomic E-state index is 13.5. The molecule has 0 aliphatic carbocycles. The summed E-state index contributed by atoms with van der Waals surface area (Å²) in [6.45, 7) is 7.48. The monoisotopic (exact) mass is 277 g/mol. The van der Waals surface area contributed by atoms with Crippen LogP contribution in [0.5, 0.6) is 0 Å². The van der Waals surface area contributed by atoms with E-state index in [9.17, 15) is 14.3 Å². The first-order valence-corrected chi connectivity index (χ1v) is 6.75. The van der Waals surface area contributed by atoms with Crippen LogP contribution >= 0.6 is 0 Å². The largest absolute Gasteiger partial charge is 0.481 e. The molecule has 1 aromatic heterocycles. The number of aliphatic carboxylic acids is 1. The number of rotatable bonds is 4. The van der Waals surface area contributed by atoms with Gasteiger partial charge in [-0.1, -0.05) is 0 Å². The van der Waals surface area contributed by atoms with E-state index in [1.165, 1.54) is 12.1 Å². The second kappa shape index (κ2) is 4.93. The van der Waals surface area contributed by atoms with E-state index in [4.69, 9.17) is 0 Å². The van der Waals surface area contributed by atoms with Gasteiger partial charge in [0.05, 0.1) is 5.41 Å². The fraction of sp³-hybridized carbons (Fsp3) is 0.438. The Balaban J connectivity index is 2.58. The molecule has 0 radical (unpaired) electrons. The van der Waals surface area contributed by atoms with E-state index in [1.807, 2.05) is 6.20 Å². The van der Waals surface area contributed by atoms with Crippen molar-refractivity contribution in [2.45, 2.75) is 40.2 Å². The van der Waals surface area contributed by atoms with Crippen LogP contribution in [0.25, 0.3) is 10.9 Å². The highest BCUT2D eigenvalue weighted by Crippen LogP contribution is 2.31. The molecule has 0 atom stereocenters. The second-order valence-corrected chi connectivity index (χ2v) is 6.18. The van der Waals surface area contributed by atoms with Crippen LogP contribution in [0.1, 0.15) is 39.3 Å². The Labute approximate surface area is 118 Å². The van der Waals surface area contributed by atoms with E-state index >= 15 is 0 Å². The molecule has 1 N–H and O–H groups in total. The van der Waals surface area contributed by atoms with Crippen molar-refractivity contribution >= 4 is 16.9 Å². The normalized spacial score (nSPS) is 12.3. The molecule has 2 aromatic rings. The van der Waals surface area contributed by atoms with Gasteiger partial charge in [0.15, 0.2) is 0 Å². The third-order valence-corrected chi connectivity index (χ3v) is 3.65. The number of carboxylic acid groups (broad SMARTS) is 1. The fourth-order valence-corrected chi connectivity index (χ4v) is 2.42. The van der Waals surface area contributed by atoms with Crippen LogP contribution in [0, 0.1) is 11.2 Å². The van der Waals surface area contributed by atoms with Gasteiger partial charge in [0.2, 0.25) is 0 Å². The van der Waals surface area contributed by atoms with Crippen LogP contribution in [0.3, 0.4) is 0 Å². The van der Waals surface area contributed by atoms with Gasteiger partial charge in [-0.25, -0.2) is 4.39 Å². The van der Waals surface area contributed by atoms with E-state index in [0.717, 1.165) is 16.5 Å².